The third-order valence-electron chi connectivity index (χ3n) is 5.03. The van der Waals surface area contributed by atoms with Crippen molar-refractivity contribution in [3.05, 3.63) is 89.4 Å². The molecule has 1 aliphatic heterocycles. The van der Waals surface area contributed by atoms with Gasteiger partial charge in [-0.25, -0.2) is 18.1 Å². The van der Waals surface area contributed by atoms with Crippen LogP contribution >= 0.6 is 0 Å². The third-order valence-corrected chi connectivity index (χ3v) is 5.03. The molecule has 0 aliphatic carbocycles. The molecule has 3 aromatic rings. The number of ether oxygens (including phenoxy) is 2. The van der Waals surface area contributed by atoms with Crippen LogP contribution in [-0.2, 0) is 9.59 Å². The minimum Gasteiger partial charge on any atom is -0.493 e. The summed E-state index contributed by atoms with van der Waals surface area (Å²) in [4.78, 5) is 27.3. The largest absolute Gasteiger partial charge is 0.493 e. The maximum Gasteiger partial charge on any atom is 0.282 e. The zero-order valence-corrected chi connectivity index (χ0v) is 17.5. The number of anilines is 2. The van der Waals surface area contributed by atoms with Gasteiger partial charge in [0.15, 0.2) is 23.1 Å². The van der Waals surface area contributed by atoms with E-state index in [1.807, 2.05) is 0 Å². The highest BCUT2D eigenvalue weighted by Gasteiger charge is 2.40. The molecular weight excluding hydrogens is 437 g/mol. The number of imide groups is 1. The summed E-state index contributed by atoms with van der Waals surface area (Å²) in [6.45, 7) is 0. The van der Waals surface area contributed by atoms with E-state index in [0.29, 0.717) is 17.2 Å². The number of rotatable bonds is 6. The number of methoxy groups -OCH3 is 2. The minimum absolute atomic E-state index is 0.0560. The molecule has 0 saturated carbocycles. The van der Waals surface area contributed by atoms with Crippen LogP contribution in [0.5, 0.6) is 11.5 Å². The number of halogens is 3. The molecule has 0 fully saturated rings. The molecule has 4 rings (SSSR count). The smallest absolute Gasteiger partial charge is 0.282 e. The summed E-state index contributed by atoms with van der Waals surface area (Å²) in [6, 6.07) is 12.5. The number of nitrogens with zero attached hydrogens (tertiary/aromatic N) is 1. The zero-order chi connectivity index (χ0) is 23.7. The highest BCUT2D eigenvalue weighted by molar-refractivity contribution is 6.46. The van der Waals surface area contributed by atoms with Gasteiger partial charge in [0.05, 0.1) is 25.5 Å². The number of carbonyl (C=O) groups is 2. The van der Waals surface area contributed by atoms with Crippen molar-refractivity contribution in [3.8, 4) is 11.5 Å². The van der Waals surface area contributed by atoms with Gasteiger partial charge in [-0.3, -0.25) is 9.59 Å². The van der Waals surface area contributed by atoms with Crippen molar-refractivity contribution < 1.29 is 32.2 Å². The molecule has 9 heteroatoms. The molecule has 1 heterocycles. The Morgan fingerprint density at radius 2 is 1.45 bits per heavy atom. The van der Waals surface area contributed by atoms with E-state index >= 15 is 0 Å². The lowest BCUT2D eigenvalue weighted by Gasteiger charge is -2.16. The van der Waals surface area contributed by atoms with Crippen LogP contribution in [0.4, 0.5) is 24.5 Å². The maximum absolute atomic E-state index is 13.8. The van der Waals surface area contributed by atoms with Crippen molar-refractivity contribution >= 4 is 28.8 Å². The standard InChI is InChI=1S/C24H17F3N2O4/c1-32-19-10-7-15(11-20(19)33-2)28-22-21(13-3-5-14(25)6-4-13)23(30)29(24(22)31)16-8-9-17(26)18(27)12-16/h3-12,28H,1-2H3. The molecular formula is C24H17F3N2O4. The van der Waals surface area contributed by atoms with Crippen LogP contribution < -0.4 is 19.7 Å². The number of amides is 2. The molecule has 3 aromatic carbocycles. The Hall–Kier alpha value is -4.27. The fourth-order valence-corrected chi connectivity index (χ4v) is 3.45. The number of hydrogen-bond donors (Lipinski definition) is 1. The van der Waals surface area contributed by atoms with E-state index in [4.69, 9.17) is 9.47 Å². The van der Waals surface area contributed by atoms with Gasteiger partial charge in [-0.2, -0.15) is 0 Å². The van der Waals surface area contributed by atoms with Gasteiger partial charge in [0, 0.05) is 17.8 Å². The average molecular weight is 454 g/mol. The van der Waals surface area contributed by atoms with Crippen molar-refractivity contribution in [1.82, 2.24) is 0 Å². The first-order chi connectivity index (χ1) is 15.8. The summed E-state index contributed by atoms with van der Waals surface area (Å²) in [5.74, 6) is -3.59. The Balaban J connectivity index is 1.82. The Morgan fingerprint density at radius 1 is 0.758 bits per heavy atom. The van der Waals surface area contributed by atoms with E-state index in [1.54, 1.807) is 18.2 Å². The average Bonchev–Trinajstić information content (AvgIpc) is 3.05. The summed E-state index contributed by atoms with van der Waals surface area (Å²) < 4.78 is 51.2. The second-order valence-electron chi connectivity index (χ2n) is 7.00. The van der Waals surface area contributed by atoms with Gasteiger partial charge in [-0.1, -0.05) is 12.1 Å². The number of nitrogens with one attached hydrogen (secondary N) is 1. The normalized spacial score (nSPS) is 13.5. The first-order valence-corrected chi connectivity index (χ1v) is 9.67. The molecule has 2 amide bonds. The monoisotopic (exact) mass is 454 g/mol. The van der Waals surface area contributed by atoms with Crippen LogP contribution in [-0.4, -0.2) is 26.0 Å². The van der Waals surface area contributed by atoms with Gasteiger partial charge in [-0.05, 0) is 42.0 Å². The van der Waals surface area contributed by atoms with E-state index in [2.05, 4.69) is 5.32 Å². The fraction of sp³-hybridized carbons (Fsp3) is 0.0833. The fourth-order valence-electron chi connectivity index (χ4n) is 3.45. The molecule has 0 radical (unpaired) electrons. The summed E-state index contributed by atoms with van der Waals surface area (Å²) in [6.07, 6.45) is 0. The minimum atomic E-state index is -1.21. The van der Waals surface area contributed by atoms with E-state index in [1.165, 1.54) is 26.4 Å². The van der Waals surface area contributed by atoms with Crippen molar-refractivity contribution in [1.29, 1.82) is 0 Å². The van der Waals surface area contributed by atoms with Crippen LogP contribution in [0.1, 0.15) is 5.56 Å². The summed E-state index contributed by atoms with van der Waals surface area (Å²) in [7, 11) is 2.92. The lowest BCUT2D eigenvalue weighted by molar-refractivity contribution is -0.120. The molecule has 168 valence electrons. The van der Waals surface area contributed by atoms with Crippen molar-refractivity contribution in [2.75, 3.05) is 24.4 Å². The predicted molar refractivity (Wildman–Crippen MR) is 115 cm³/mol. The molecule has 0 saturated heterocycles. The Kier molecular flexibility index (Phi) is 5.78. The first-order valence-electron chi connectivity index (χ1n) is 9.67. The molecule has 1 aliphatic rings. The van der Waals surface area contributed by atoms with Gasteiger partial charge in [0.1, 0.15) is 11.5 Å². The van der Waals surface area contributed by atoms with Gasteiger partial charge in [-0.15, -0.1) is 0 Å². The lowest BCUT2D eigenvalue weighted by atomic mass is 10.0. The molecule has 0 atom stereocenters. The zero-order valence-electron chi connectivity index (χ0n) is 17.5. The molecule has 0 bridgehead atoms. The molecule has 0 aromatic heterocycles. The van der Waals surface area contributed by atoms with Crippen molar-refractivity contribution in [3.63, 3.8) is 0 Å². The highest BCUT2D eigenvalue weighted by atomic mass is 19.2. The van der Waals surface area contributed by atoms with E-state index < -0.39 is 29.3 Å². The number of carbonyl (C=O) groups excluding carboxylic acids is 2. The SMILES string of the molecule is COc1ccc(NC2=C(c3ccc(F)cc3)C(=O)N(c3ccc(F)c(F)c3)C2=O)cc1OC. The summed E-state index contributed by atoms with van der Waals surface area (Å²) in [5, 5.41) is 2.91. The van der Waals surface area contributed by atoms with Crippen LogP contribution in [0.2, 0.25) is 0 Å². The van der Waals surface area contributed by atoms with Crippen LogP contribution in [0, 0.1) is 17.5 Å². The second-order valence-corrected chi connectivity index (χ2v) is 7.00. The third kappa shape index (κ3) is 4.00. The molecule has 0 unspecified atom stereocenters. The van der Waals surface area contributed by atoms with Gasteiger partial charge < -0.3 is 14.8 Å². The molecule has 0 spiro atoms. The number of benzene rings is 3. The predicted octanol–water partition coefficient (Wildman–Crippen LogP) is 4.52. The van der Waals surface area contributed by atoms with Crippen LogP contribution in [0.15, 0.2) is 66.4 Å². The summed E-state index contributed by atoms with van der Waals surface area (Å²) in [5.41, 5.74) is 0.342. The van der Waals surface area contributed by atoms with E-state index in [-0.39, 0.29) is 22.5 Å². The Labute approximate surface area is 186 Å². The molecule has 1 N–H and O–H groups in total. The Bertz CT molecular complexity index is 1290. The van der Waals surface area contributed by atoms with Gasteiger partial charge in [0.25, 0.3) is 11.8 Å². The van der Waals surface area contributed by atoms with Crippen LogP contribution in [0.3, 0.4) is 0 Å². The maximum atomic E-state index is 13.8. The first kappa shape index (κ1) is 21.9. The van der Waals surface area contributed by atoms with Gasteiger partial charge in [0.2, 0.25) is 0 Å². The van der Waals surface area contributed by atoms with Crippen molar-refractivity contribution in [2.24, 2.45) is 0 Å². The van der Waals surface area contributed by atoms with E-state index in [9.17, 15) is 22.8 Å². The second kappa shape index (κ2) is 8.70. The molecule has 6 nitrogen and oxygen atoms in total. The summed E-state index contributed by atoms with van der Waals surface area (Å²) >= 11 is 0. The topological polar surface area (TPSA) is 67.9 Å². The lowest BCUT2D eigenvalue weighted by Crippen LogP contribution is -2.32. The van der Waals surface area contributed by atoms with Gasteiger partial charge >= 0.3 is 0 Å². The number of hydrogen-bond acceptors (Lipinski definition) is 5. The molecule has 33 heavy (non-hydrogen) atoms. The quantitative estimate of drug-likeness (QED) is 0.555. The highest BCUT2D eigenvalue weighted by Crippen LogP contribution is 2.36. The Morgan fingerprint density at radius 3 is 2.09 bits per heavy atom. The van der Waals surface area contributed by atoms with Crippen molar-refractivity contribution in [2.45, 2.75) is 0 Å². The van der Waals surface area contributed by atoms with E-state index in [0.717, 1.165) is 35.2 Å². The van der Waals surface area contributed by atoms with Crippen LogP contribution in [0.25, 0.3) is 5.57 Å².